The van der Waals surface area contributed by atoms with E-state index in [0.29, 0.717) is 23.9 Å². The molecule has 0 bridgehead atoms. The smallest absolute Gasteiger partial charge is 0.0414 e. The van der Waals surface area contributed by atoms with E-state index in [0.717, 1.165) is 13.1 Å². The second kappa shape index (κ2) is 15.9. The average molecular weight is 328 g/mol. The molecule has 140 valence electrons. The van der Waals surface area contributed by atoms with Gasteiger partial charge in [-0.2, -0.15) is 5.10 Å². The van der Waals surface area contributed by atoms with E-state index in [9.17, 15) is 0 Å². The molecule has 23 heavy (non-hydrogen) atoms. The standard InChI is InChI=1S/C10H21N.C9H20N2.CH4/c1-6-11(10(4)5)8-7-9(2)3;1-6-11(9(4)5)10-7-8(2)3;/h7-10H,6H2,1-5H3;7-9H,6H2,1-5H3;1H4/b8-7-;10-7-;. The summed E-state index contributed by atoms with van der Waals surface area (Å²) < 4.78 is 0. The molecule has 0 aromatic rings. The Morgan fingerprint density at radius 2 is 1.30 bits per heavy atom. The fraction of sp³-hybridized carbons (Fsp3) is 0.850. The lowest BCUT2D eigenvalue weighted by atomic mass is 10.2. The molecule has 0 aliphatic carbocycles. The van der Waals surface area contributed by atoms with Crippen molar-refractivity contribution in [1.82, 2.24) is 9.91 Å². The Morgan fingerprint density at radius 3 is 1.57 bits per heavy atom. The van der Waals surface area contributed by atoms with Gasteiger partial charge in [-0.15, -0.1) is 0 Å². The molecule has 0 spiro atoms. The minimum atomic E-state index is 0. The van der Waals surface area contributed by atoms with Gasteiger partial charge in [0, 0.05) is 31.4 Å². The van der Waals surface area contributed by atoms with Gasteiger partial charge in [-0.05, 0) is 59.6 Å². The van der Waals surface area contributed by atoms with Crippen LogP contribution in [0.15, 0.2) is 17.4 Å². The highest BCUT2D eigenvalue weighted by atomic mass is 15.5. The number of allylic oxidation sites excluding steroid dienone is 1. The van der Waals surface area contributed by atoms with Crippen molar-refractivity contribution < 1.29 is 0 Å². The number of rotatable bonds is 8. The van der Waals surface area contributed by atoms with E-state index in [4.69, 9.17) is 0 Å². The van der Waals surface area contributed by atoms with Crippen LogP contribution >= 0.6 is 0 Å². The van der Waals surface area contributed by atoms with E-state index in [2.05, 4.69) is 96.5 Å². The molecule has 0 saturated heterocycles. The predicted molar refractivity (Wildman–Crippen MR) is 109 cm³/mol. The molecule has 0 unspecified atom stereocenters. The summed E-state index contributed by atoms with van der Waals surface area (Å²) in [6.07, 6.45) is 6.43. The number of hydrogen-bond acceptors (Lipinski definition) is 3. The van der Waals surface area contributed by atoms with E-state index in [1.54, 1.807) is 0 Å². The first-order valence-electron chi connectivity index (χ1n) is 8.90. The van der Waals surface area contributed by atoms with Crippen LogP contribution in [0.25, 0.3) is 0 Å². The number of hydrazone groups is 1. The van der Waals surface area contributed by atoms with Crippen molar-refractivity contribution in [2.24, 2.45) is 16.9 Å². The molecule has 0 heterocycles. The third-order valence-corrected chi connectivity index (χ3v) is 3.12. The maximum atomic E-state index is 4.35. The van der Waals surface area contributed by atoms with E-state index in [1.165, 1.54) is 0 Å². The summed E-state index contributed by atoms with van der Waals surface area (Å²) in [6.45, 7) is 23.8. The minimum absolute atomic E-state index is 0. The maximum Gasteiger partial charge on any atom is 0.0414 e. The Bertz CT molecular complexity index is 261. The number of nitrogens with zero attached hydrogens (tertiary/aromatic N) is 3. The van der Waals surface area contributed by atoms with Crippen molar-refractivity contribution >= 4 is 6.21 Å². The first-order valence-corrected chi connectivity index (χ1v) is 8.90. The maximum absolute atomic E-state index is 4.35. The van der Waals surface area contributed by atoms with Gasteiger partial charge in [0.2, 0.25) is 0 Å². The fourth-order valence-corrected chi connectivity index (χ4v) is 1.72. The first-order chi connectivity index (χ1) is 10.1. The summed E-state index contributed by atoms with van der Waals surface area (Å²) in [4.78, 5) is 2.33. The lowest BCUT2D eigenvalue weighted by Gasteiger charge is -2.22. The summed E-state index contributed by atoms with van der Waals surface area (Å²) in [7, 11) is 0. The molecule has 0 rings (SSSR count). The summed E-state index contributed by atoms with van der Waals surface area (Å²) >= 11 is 0. The molecule has 0 saturated carbocycles. The molecule has 0 amide bonds. The van der Waals surface area contributed by atoms with Crippen molar-refractivity contribution in [2.75, 3.05) is 13.1 Å². The summed E-state index contributed by atoms with van der Waals surface area (Å²) in [5.74, 6) is 1.20. The lowest BCUT2D eigenvalue weighted by Crippen LogP contribution is -2.25. The van der Waals surface area contributed by atoms with Gasteiger partial charge < -0.3 is 4.90 Å². The minimum Gasteiger partial charge on any atom is -0.376 e. The summed E-state index contributed by atoms with van der Waals surface area (Å²) in [5.41, 5.74) is 0. The van der Waals surface area contributed by atoms with Crippen molar-refractivity contribution in [2.45, 2.75) is 88.7 Å². The van der Waals surface area contributed by atoms with Gasteiger partial charge in [0.15, 0.2) is 0 Å². The lowest BCUT2D eigenvalue weighted by molar-refractivity contribution is 0.246. The Hall–Kier alpha value is -0.990. The molecule has 0 aromatic heterocycles. The monoisotopic (exact) mass is 327 g/mol. The van der Waals surface area contributed by atoms with Crippen molar-refractivity contribution in [1.29, 1.82) is 0 Å². The van der Waals surface area contributed by atoms with Crippen LogP contribution < -0.4 is 0 Å². The van der Waals surface area contributed by atoms with Gasteiger partial charge in [-0.3, -0.25) is 5.01 Å². The van der Waals surface area contributed by atoms with E-state index in [1.807, 2.05) is 6.21 Å². The van der Waals surface area contributed by atoms with Gasteiger partial charge in [0.1, 0.15) is 0 Å². The second-order valence-corrected chi connectivity index (χ2v) is 6.87. The highest BCUT2D eigenvalue weighted by Crippen LogP contribution is 2.01. The largest absolute Gasteiger partial charge is 0.376 e. The number of hydrogen-bond donors (Lipinski definition) is 0. The van der Waals surface area contributed by atoms with Crippen molar-refractivity contribution in [3.05, 3.63) is 12.3 Å². The van der Waals surface area contributed by atoms with Gasteiger partial charge in [0.25, 0.3) is 0 Å². The summed E-state index contributed by atoms with van der Waals surface area (Å²) in [5, 5.41) is 6.43. The molecule has 3 heteroatoms. The van der Waals surface area contributed by atoms with Crippen molar-refractivity contribution in [3.63, 3.8) is 0 Å². The van der Waals surface area contributed by atoms with Crippen LogP contribution in [-0.4, -0.2) is 41.3 Å². The highest BCUT2D eigenvalue weighted by Gasteiger charge is 2.01. The normalized spacial score (nSPS) is 11.4. The van der Waals surface area contributed by atoms with Gasteiger partial charge in [0.05, 0.1) is 0 Å². The molecule has 0 N–H and O–H groups in total. The van der Waals surface area contributed by atoms with Gasteiger partial charge in [-0.25, -0.2) is 0 Å². The zero-order chi connectivity index (χ0) is 17.7. The van der Waals surface area contributed by atoms with Crippen LogP contribution in [0.4, 0.5) is 0 Å². The van der Waals surface area contributed by atoms with Gasteiger partial charge in [-0.1, -0.05) is 41.2 Å². The first kappa shape index (κ1) is 26.9. The SMILES string of the molecule is C.CCN(/C=C\C(C)C)C(C)C.CCN(/N=C\C(C)C)C(C)C. The molecule has 0 fully saturated rings. The Balaban J connectivity index is -0.000000333. The van der Waals surface area contributed by atoms with Crippen LogP contribution in [-0.2, 0) is 0 Å². The Kier molecular flexibility index (Phi) is 18.6. The average Bonchev–Trinajstić information content (AvgIpc) is 2.39. The zero-order valence-electron chi connectivity index (χ0n) is 16.8. The second-order valence-electron chi connectivity index (χ2n) is 6.87. The van der Waals surface area contributed by atoms with E-state index in [-0.39, 0.29) is 7.43 Å². The Morgan fingerprint density at radius 1 is 0.783 bits per heavy atom. The topological polar surface area (TPSA) is 18.8 Å². The van der Waals surface area contributed by atoms with Crippen LogP contribution in [0, 0.1) is 11.8 Å². The van der Waals surface area contributed by atoms with Crippen LogP contribution in [0.3, 0.4) is 0 Å². The van der Waals surface area contributed by atoms with E-state index < -0.39 is 0 Å². The molecule has 0 aliphatic heterocycles. The summed E-state index contributed by atoms with van der Waals surface area (Å²) in [6, 6.07) is 1.13. The van der Waals surface area contributed by atoms with Crippen LogP contribution in [0.1, 0.15) is 76.7 Å². The molecular formula is C20H45N3. The molecule has 0 atom stereocenters. The quantitative estimate of drug-likeness (QED) is 0.409. The van der Waals surface area contributed by atoms with E-state index >= 15 is 0 Å². The molecular weight excluding hydrogens is 282 g/mol. The third-order valence-electron chi connectivity index (χ3n) is 3.12. The molecule has 0 radical (unpaired) electrons. The Labute approximate surface area is 147 Å². The molecule has 3 nitrogen and oxygen atoms in total. The van der Waals surface area contributed by atoms with Crippen LogP contribution in [0.5, 0.6) is 0 Å². The van der Waals surface area contributed by atoms with Crippen molar-refractivity contribution in [3.8, 4) is 0 Å². The third kappa shape index (κ3) is 17.2. The predicted octanol–water partition coefficient (Wildman–Crippen LogP) is 5.88. The highest BCUT2D eigenvalue weighted by molar-refractivity contribution is 5.59. The van der Waals surface area contributed by atoms with Gasteiger partial charge >= 0.3 is 0 Å². The molecule has 0 aromatic carbocycles. The molecule has 0 aliphatic rings. The van der Waals surface area contributed by atoms with Crippen LogP contribution in [0.2, 0.25) is 0 Å². The zero-order valence-corrected chi connectivity index (χ0v) is 16.8. The fourth-order valence-electron chi connectivity index (χ4n) is 1.72.